The lowest BCUT2D eigenvalue weighted by molar-refractivity contribution is -0.139. The Labute approximate surface area is 113 Å². The van der Waals surface area contributed by atoms with Crippen LogP contribution in [-0.2, 0) is 11.2 Å². The van der Waals surface area contributed by atoms with Crippen molar-refractivity contribution >= 4 is 5.97 Å². The van der Waals surface area contributed by atoms with Crippen LogP contribution in [0.4, 0.5) is 0 Å². The van der Waals surface area contributed by atoms with E-state index in [1.807, 2.05) is 48.5 Å². The molecule has 0 aliphatic carbocycles. The molecule has 0 saturated carbocycles. The molecular formula is C17H18O2. The molecule has 1 N–H and O–H groups in total. The SMILES string of the molecule is O=C(O)[C@H](CCCc1ccccc1)c1ccccc1. The first kappa shape index (κ1) is 13.3. The highest BCUT2D eigenvalue weighted by atomic mass is 16.4. The topological polar surface area (TPSA) is 37.3 Å². The highest BCUT2D eigenvalue weighted by Crippen LogP contribution is 2.22. The molecule has 0 aliphatic rings. The molecule has 2 aromatic carbocycles. The lowest BCUT2D eigenvalue weighted by Gasteiger charge is -2.12. The van der Waals surface area contributed by atoms with Crippen LogP contribution in [0.25, 0.3) is 0 Å². The van der Waals surface area contributed by atoms with Crippen molar-refractivity contribution in [3.63, 3.8) is 0 Å². The van der Waals surface area contributed by atoms with Crippen LogP contribution in [0.5, 0.6) is 0 Å². The summed E-state index contributed by atoms with van der Waals surface area (Å²) >= 11 is 0. The summed E-state index contributed by atoms with van der Waals surface area (Å²) in [4.78, 5) is 11.3. The minimum Gasteiger partial charge on any atom is -0.481 e. The Hall–Kier alpha value is -2.09. The fraction of sp³-hybridized carbons (Fsp3) is 0.235. The van der Waals surface area contributed by atoms with Crippen LogP contribution < -0.4 is 0 Å². The van der Waals surface area contributed by atoms with Crippen molar-refractivity contribution in [3.8, 4) is 0 Å². The Morgan fingerprint density at radius 1 is 0.947 bits per heavy atom. The predicted octanol–water partition coefficient (Wildman–Crippen LogP) is 3.88. The molecule has 0 spiro atoms. The number of benzene rings is 2. The smallest absolute Gasteiger partial charge is 0.310 e. The van der Waals surface area contributed by atoms with Gasteiger partial charge >= 0.3 is 5.97 Å². The summed E-state index contributed by atoms with van der Waals surface area (Å²) in [7, 11) is 0. The van der Waals surface area contributed by atoms with Crippen LogP contribution in [0.15, 0.2) is 60.7 Å². The average molecular weight is 254 g/mol. The van der Waals surface area contributed by atoms with Crippen molar-refractivity contribution < 1.29 is 9.90 Å². The van der Waals surface area contributed by atoms with E-state index in [0.717, 1.165) is 18.4 Å². The third kappa shape index (κ3) is 3.95. The van der Waals surface area contributed by atoms with Crippen molar-refractivity contribution in [1.29, 1.82) is 0 Å². The highest BCUT2D eigenvalue weighted by molar-refractivity contribution is 5.75. The maximum absolute atomic E-state index is 11.3. The van der Waals surface area contributed by atoms with Crippen LogP contribution in [0.3, 0.4) is 0 Å². The summed E-state index contributed by atoms with van der Waals surface area (Å²) < 4.78 is 0. The molecule has 0 saturated heterocycles. The maximum atomic E-state index is 11.3. The fourth-order valence-corrected chi connectivity index (χ4v) is 2.27. The Bertz CT molecular complexity index is 505. The van der Waals surface area contributed by atoms with Crippen molar-refractivity contribution in [1.82, 2.24) is 0 Å². The van der Waals surface area contributed by atoms with E-state index in [0.29, 0.717) is 6.42 Å². The van der Waals surface area contributed by atoms with Crippen molar-refractivity contribution in [2.75, 3.05) is 0 Å². The fourth-order valence-electron chi connectivity index (χ4n) is 2.27. The zero-order valence-electron chi connectivity index (χ0n) is 10.8. The Morgan fingerprint density at radius 2 is 1.53 bits per heavy atom. The zero-order valence-corrected chi connectivity index (χ0v) is 10.8. The molecule has 0 radical (unpaired) electrons. The van der Waals surface area contributed by atoms with Gasteiger partial charge in [0.15, 0.2) is 0 Å². The lowest BCUT2D eigenvalue weighted by atomic mass is 9.93. The summed E-state index contributed by atoms with van der Waals surface area (Å²) in [6, 6.07) is 19.7. The van der Waals surface area contributed by atoms with Gasteiger partial charge in [0.1, 0.15) is 0 Å². The normalized spacial score (nSPS) is 12.0. The van der Waals surface area contributed by atoms with Gasteiger partial charge in [-0.1, -0.05) is 60.7 Å². The predicted molar refractivity (Wildman–Crippen MR) is 76.2 cm³/mol. The molecule has 2 nitrogen and oxygen atoms in total. The van der Waals surface area contributed by atoms with Gasteiger partial charge in [0.05, 0.1) is 5.92 Å². The molecule has 2 heteroatoms. The largest absolute Gasteiger partial charge is 0.481 e. The number of hydrogen-bond donors (Lipinski definition) is 1. The number of carboxylic acids is 1. The third-order valence-corrected chi connectivity index (χ3v) is 3.30. The molecule has 98 valence electrons. The van der Waals surface area contributed by atoms with Gasteiger partial charge in [-0.3, -0.25) is 4.79 Å². The van der Waals surface area contributed by atoms with Gasteiger partial charge in [0, 0.05) is 0 Å². The first-order chi connectivity index (χ1) is 9.27. The number of aliphatic carboxylic acids is 1. The molecule has 0 bridgehead atoms. The van der Waals surface area contributed by atoms with E-state index >= 15 is 0 Å². The van der Waals surface area contributed by atoms with Crippen molar-refractivity contribution in [2.45, 2.75) is 25.2 Å². The monoisotopic (exact) mass is 254 g/mol. The van der Waals surface area contributed by atoms with Gasteiger partial charge in [0.25, 0.3) is 0 Å². The molecule has 19 heavy (non-hydrogen) atoms. The third-order valence-electron chi connectivity index (χ3n) is 3.30. The second-order valence-electron chi connectivity index (χ2n) is 4.68. The average Bonchev–Trinajstić information content (AvgIpc) is 2.45. The Balaban J connectivity index is 1.94. The van der Waals surface area contributed by atoms with E-state index in [2.05, 4.69) is 12.1 Å². The molecule has 0 aliphatic heterocycles. The van der Waals surface area contributed by atoms with Gasteiger partial charge in [-0.05, 0) is 30.4 Å². The number of carbonyl (C=O) groups is 1. The quantitative estimate of drug-likeness (QED) is 0.849. The highest BCUT2D eigenvalue weighted by Gasteiger charge is 2.18. The lowest BCUT2D eigenvalue weighted by Crippen LogP contribution is -2.11. The summed E-state index contributed by atoms with van der Waals surface area (Å²) in [5, 5.41) is 9.32. The van der Waals surface area contributed by atoms with Crippen LogP contribution in [0.1, 0.15) is 29.9 Å². The van der Waals surface area contributed by atoms with Crippen LogP contribution >= 0.6 is 0 Å². The first-order valence-corrected chi connectivity index (χ1v) is 6.59. The maximum Gasteiger partial charge on any atom is 0.310 e. The molecular weight excluding hydrogens is 236 g/mol. The molecule has 0 heterocycles. The van der Waals surface area contributed by atoms with Crippen LogP contribution in [-0.4, -0.2) is 11.1 Å². The second kappa shape index (κ2) is 6.74. The summed E-state index contributed by atoms with van der Waals surface area (Å²) in [5.74, 6) is -1.14. The van der Waals surface area contributed by atoms with Gasteiger partial charge in [0.2, 0.25) is 0 Å². The van der Waals surface area contributed by atoms with Crippen molar-refractivity contribution in [2.24, 2.45) is 0 Å². The second-order valence-corrected chi connectivity index (χ2v) is 4.68. The van der Waals surface area contributed by atoms with E-state index in [-0.39, 0.29) is 0 Å². The molecule has 2 aromatic rings. The molecule has 0 aromatic heterocycles. The number of carboxylic acid groups (broad SMARTS) is 1. The molecule has 2 rings (SSSR count). The van der Waals surface area contributed by atoms with Gasteiger partial charge in [-0.2, -0.15) is 0 Å². The van der Waals surface area contributed by atoms with Crippen LogP contribution in [0.2, 0.25) is 0 Å². The van der Waals surface area contributed by atoms with Gasteiger partial charge in [-0.15, -0.1) is 0 Å². The van der Waals surface area contributed by atoms with E-state index in [1.54, 1.807) is 0 Å². The molecule has 0 fully saturated rings. The Kier molecular flexibility index (Phi) is 4.73. The summed E-state index contributed by atoms with van der Waals surface area (Å²) in [6.07, 6.45) is 2.49. The molecule has 0 amide bonds. The van der Waals surface area contributed by atoms with Gasteiger partial charge < -0.3 is 5.11 Å². The number of aryl methyl sites for hydroxylation is 1. The summed E-state index contributed by atoms with van der Waals surface area (Å²) in [5.41, 5.74) is 2.16. The minimum atomic E-state index is -0.737. The number of hydrogen-bond acceptors (Lipinski definition) is 1. The Morgan fingerprint density at radius 3 is 2.11 bits per heavy atom. The molecule has 0 unspecified atom stereocenters. The van der Waals surface area contributed by atoms with E-state index in [1.165, 1.54) is 5.56 Å². The van der Waals surface area contributed by atoms with Gasteiger partial charge in [-0.25, -0.2) is 0 Å². The van der Waals surface area contributed by atoms with E-state index in [9.17, 15) is 9.90 Å². The van der Waals surface area contributed by atoms with E-state index in [4.69, 9.17) is 0 Å². The zero-order chi connectivity index (χ0) is 13.5. The summed E-state index contributed by atoms with van der Waals surface area (Å²) in [6.45, 7) is 0. The van der Waals surface area contributed by atoms with Crippen LogP contribution in [0, 0.1) is 0 Å². The number of rotatable bonds is 6. The van der Waals surface area contributed by atoms with Crippen molar-refractivity contribution in [3.05, 3.63) is 71.8 Å². The first-order valence-electron chi connectivity index (χ1n) is 6.59. The minimum absolute atomic E-state index is 0.398. The standard InChI is InChI=1S/C17H18O2/c18-17(19)16(15-11-5-2-6-12-15)13-7-10-14-8-3-1-4-9-14/h1-6,8-9,11-12,16H,7,10,13H2,(H,18,19)/t16-/m1/s1. The van der Waals surface area contributed by atoms with E-state index < -0.39 is 11.9 Å². The molecule has 1 atom stereocenters.